The van der Waals surface area contributed by atoms with Gasteiger partial charge in [0, 0.05) is 47.1 Å². The molecule has 2 saturated heterocycles. The van der Waals surface area contributed by atoms with Crippen molar-refractivity contribution < 1.29 is 57.7 Å². The van der Waals surface area contributed by atoms with Crippen molar-refractivity contribution in [3.63, 3.8) is 0 Å². The molecule has 1 unspecified atom stereocenters. The summed E-state index contributed by atoms with van der Waals surface area (Å²) in [5.74, 6) is -7.48. The maximum Gasteiger partial charge on any atom is 0.332 e. The zero-order chi connectivity index (χ0) is 61.0. The summed E-state index contributed by atoms with van der Waals surface area (Å²) in [5, 5.41) is 20.4. The lowest BCUT2D eigenvalue weighted by Crippen LogP contribution is -2.63. The Labute approximate surface area is 482 Å². The molecular weight excluding hydrogens is 1040 g/mol. The predicted molar refractivity (Wildman–Crippen MR) is 309 cm³/mol. The van der Waals surface area contributed by atoms with Crippen LogP contribution in [0.4, 0.5) is 0 Å². The lowest BCUT2D eigenvalue weighted by molar-refractivity contribution is -0.177. The van der Waals surface area contributed by atoms with E-state index in [0.29, 0.717) is 43.1 Å². The van der Waals surface area contributed by atoms with Gasteiger partial charge in [0.05, 0.1) is 12.2 Å². The highest BCUT2D eigenvalue weighted by Gasteiger charge is 2.48. The fourth-order valence-electron chi connectivity index (χ4n) is 11.7. The number of amides is 8. The largest absolute Gasteiger partial charge is 0.493 e. The molecule has 1 aromatic rings. The van der Waals surface area contributed by atoms with Gasteiger partial charge in [-0.05, 0) is 107 Å². The Balaban J connectivity index is 1.88. The molecule has 456 valence electrons. The van der Waals surface area contributed by atoms with Gasteiger partial charge >= 0.3 is 5.97 Å². The summed E-state index contributed by atoms with van der Waals surface area (Å²) in [5.41, 5.74) is -1.30. The highest BCUT2D eigenvalue weighted by Crippen LogP contribution is 2.28. The molecule has 3 aliphatic rings. The molecule has 11 atom stereocenters. The van der Waals surface area contributed by atoms with Crippen LogP contribution >= 0.6 is 0 Å². The molecule has 1 aromatic carbocycles. The Morgan fingerprint density at radius 1 is 0.630 bits per heavy atom. The van der Waals surface area contributed by atoms with E-state index in [2.05, 4.69) is 16.0 Å². The number of benzene rings is 1. The van der Waals surface area contributed by atoms with E-state index in [-0.39, 0.29) is 31.7 Å². The van der Waals surface area contributed by atoms with Gasteiger partial charge < -0.3 is 55.0 Å². The monoisotopic (exact) mass is 1140 g/mol. The molecule has 2 heterocycles. The number of fused-ring (bicyclic) bond motifs is 1. The number of cyclic esters (lactones) is 1. The third kappa shape index (κ3) is 17.4. The maximum absolute atomic E-state index is 15.0. The Kier molecular flexibility index (Phi) is 25.1. The van der Waals surface area contributed by atoms with Crippen molar-refractivity contribution in [3.05, 3.63) is 29.8 Å². The van der Waals surface area contributed by atoms with Crippen molar-refractivity contribution in [1.82, 2.24) is 40.4 Å². The quantitative estimate of drug-likeness (QED) is 0.178. The number of hydrogen-bond acceptors (Lipinski definition) is 12. The molecule has 1 aliphatic carbocycles. The van der Waals surface area contributed by atoms with E-state index in [1.54, 1.807) is 55.4 Å². The van der Waals surface area contributed by atoms with Crippen LogP contribution in [0.25, 0.3) is 0 Å². The zero-order valence-corrected chi connectivity index (χ0v) is 51.8. The van der Waals surface area contributed by atoms with Crippen LogP contribution in [0, 0.1) is 35.5 Å². The van der Waals surface area contributed by atoms with Crippen LogP contribution in [0.15, 0.2) is 24.3 Å². The summed E-state index contributed by atoms with van der Waals surface area (Å²) in [7, 11) is 5.64. The lowest BCUT2D eigenvalue weighted by Gasteiger charge is -2.39. The highest BCUT2D eigenvalue weighted by molar-refractivity contribution is 5.99. The van der Waals surface area contributed by atoms with Crippen molar-refractivity contribution in [2.45, 2.75) is 221 Å². The molecule has 1 saturated carbocycles. The summed E-state index contributed by atoms with van der Waals surface area (Å²) in [6, 6.07) is -2.67. The zero-order valence-electron chi connectivity index (χ0n) is 51.8. The number of nitrogens with zero attached hydrogens (tertiary/aromatic N) is 5. The summed E-state index contributed by atoms with van der Waals surface area (Å²) in [6.45, 7) is 22.8. The normalized spacial score (nSPS) is 27.5. The van der Waals surface area contributed by atoms with E-state index >= 15 is 4.79 Å². The first-order chi connectivity index (χ1) is 37.9. The van der Waals surface area contributed by atoms with Crippen molar-refractivity contribution in [1.29, 1.82) is 0 Å². The van der Waals surface area contributed by atoms with Crippen molar-refractivity contribution >= 4 is 53.2 Å². The Morgan fingerprint density at radius 2 is 1.16 bits per heavy atom. The van der Waals surface area contributed by atoms with Gasteiger partial charge in [-0.25, -0.2) is 4.79 Å². The van der Waals surface area contributed by atoms with Crippen LogP contribution in [-0.4, -0.2) is 184 Å². The second kappa shape index (κ2) is 30.0. The summed E-state index contributed by atoms with van der Waals surface area (Å²) >= 11 is 0. The molecule has 0 radical (unpaired) electrons. The first kappa shape index (κ1) is 67.7. The highest BCUT2D eigenvalue weighted by atomic mass is 16.6. The minimum atomic E-state index is -1.97. The van der Waals surface area contributed by atoms with E-state index in [1.165, 1.54) is 80.9 Å². The Hall–Kier alpha value is -5.79. The average molecular weight is 1140 g/mol. The number of likely N-dealkylation sites (N-methyl/N-ethyl adjacent to an activating group) is 4. The molecule has 4 N–H and O–H groups in total. The summed E-state index contributed by atoms with van der Waals surface area (Å²) in [4.78, 5) is 139. The van der Waals surface area contributed by atoms with E-state index < -0.39 is 137 Å². The molecule has 4 rings (SSSR count). The van der Waals surface area contributed by atoms with Crippen LogP contribution in [0.5, 0.6) is 5.75 Å². The lowest BCUT2D eigenvalue weighted by atomic mass is 9.90. The first-order valence-corrected chi connectivity index (χ1v) is 29.8. The SMILES string of the molecule is CCC(C)[C@H]1OC(=O)[C@H](C(C)(C)O)N(C)C(=O)[C@H](CC(C)C)NC(=O)[C@H](C(C)C)N(C)C(=O)[C@H]([C@H](C)CC)NC(=O)[C@@H]2CCCN2C(=O)[C@@H](C)N(C)C(=O)[C@H](Cc2ccc(OCC3CCCCC3)cc2)NC(=O)[C@H](C(C)C)N(C)C1=O. The van der Waals surface area contributed by atoms with Crippen molar-refractivity contribution in [2.75, 3.05) is 41.3 Å². The Bertz CT molecular complexity index is 2330. The van der Waals surface area contributed by atoms with E-state index in [1.807, 2.05) is 45.0 Å². The minimum absolute atomic E-state index is 0.0239. The molecule has 0 bridgehead atoms. The van der Waals surface area contributed by atoms with Crippen LogP contribution in [0.1, 0.15) is 160 Å². The average Bonchev–Trinajstić information content (AvgIpc) is 4.00. The number of carbonyl (C=O) groups is 9. The summed E-state index contributed by atoms with van der Waals surface area (Å²) < 4.78 is 12.3. The summed E-state index contributed by atoms with van der Waals surface area (Å²) in [6.07, 6.45) is 5.90. The van der Waals surface area contributed by atoms with Gasteiger partial charge in [-0.2, -0.15) is 0 Å². The van der Waals surface area contributed by atoms with Crippen LogP contribution in [0.2, 0.25) is 0 Å². The topological polar surface area (TPSA) is 245 Å². The van der Waals surface area contributed by atoms with Crippen LogP contribution in [-0.2, 0) is 54.3 Å². The fourth-order valence-corrected chi connectivity index (χ4v) is 11.7. The van der Waals surface area contributed by atoms with E-state index in [9.17, 15) is 43.5 Å². The first-order valence-electron chi connectivity index (χ1n) is 29.8. The number of hydrogen-bond donors (Lipinski definition) is 4. The van der Waals surface area contributed by atoms with Gasteiger partial charge in [-0.1, -0.05) is 107 Å². The van der Waals surface area contributed by atoms with E-state index in [4.69, 9.17) is 9.47 Å². The molecule has 81 heavy (non-hydrogen) atoms. The predicted octanol–water partition coefficient (Wildman–Crippen LogP) is 5.11. The van der Waals surface area contributed by atoms with Gasteiger partial charge in [0.25, 0.3) is 5.91 Å². The second-order valence-electron chi connectivity index (χ2n) is 25.1. The third-order valence-electron chi connectivity index (χ3n) is 17.0. The number of nitrogens with one attached hydrogen (secondary N) is 3. The maximum atomic E-state index is 15.0. The second-order valence-corrected chi connectivity index (χ2v) is 25.1. The van der Waals surface area contributed by atoms with Gasteiger partial charge in [-0.3, -0.25) is 38.4 Å². The van der Waals surface area contributed by atoms with Gasteiger partial charge in [0.2, 0.25) is 41.4 Å². The van der Waals surface area contributed by atoms with E-state index in [0.717, 1.165) is 17.7 Å². The van der Waals surface area contributed by atoms with Gasteiger partial charge in [0.1, 0.15) is 48.0 Å². The number of aliphatic hydroxyl groups is 1. The molecule has 2 aliphatic heterocycles. The van der Waals surface area contributed by atoms with Crippen LogP contribution < -0.4 is 20.7 Å². The Morgan fingerprint density at radius 3 is 1.68 bits per heavy atom. The number of rotatable bonds is 14. The van der Waals surface area contributed by atoms with Crippen molar-refractivity contribution in [2.24, 2.45) is 35.5 Å². The molecule has 0 spiro atoms. The number of ether oxygens (including phenoxy) is 2. The van der Waals surface area contributed by atoms with Gasteiger partial charge in [0.15, 0.2) is 12.1 Å². The van der Waals surface area contributed by atoms with Gasteiger partial charge in [-0.15, -0.1) is 0 Å². The molecule has 3 fully saturated rings. The molecule has 8 amide bonds. The smallest absolute Gasteiger partial charge is 0.332 e. The number of esters is 1. The third-order valence-corrected chi connectivity index (χ3v) is 17.0. The van der Waals surface area contributed by atoms with Crippen LogP contribution in [0.3, 0.4) is 0 Å². The standard InChI is InChI=1S/C61H100N8O12/c1-18-38(9)47-58(76)66(15)48(36(5)6)53(71)62-44(32-35(3)4)57(75)68(17)51(61(12,13)79)60(78)81-50(39(10)19-2)59(77)67(16)49(37(7)8)54(72)63-45(33-41-27-29-43(30-28-41)80-34-42-24-21-20-22-25-42)56(74)65(14)40(11)55(73)69-31-23-26-46(69)52(70)64-47/h27-30,35-40,42,44-51,79H,18-26,31-34H2,1-17H3,(H,62,71)(H,63,72)(H,64,70)/t38-,39?,40-,44+,45+,46+,47+,48+,49+,50-,51-/m1/s1. The molecule has 20 heteroatoms. The minimum Gasteiger partial charge on any atom is -0.493 e. The molecule has 0 aromatic heterocycles. The number of carbonyl (C=O) groups excluding carboxylic acids is 9. The fraction of sp³-hybridized carbons (Fsp3) is 0.754. The molecular formula is C61H100N8O12. The molecule has 20 nitrogen and oxygen atoms in total. The van der Waals surface area contributed by atoms with Crippen molar-refractivity contribution in [3.8, 4) is 5.75 Å².